The maximum Gasteiger partial charge on any atom is 0.0462 e. The zero-order valence-corrected chi connectivity index (χ0v) is 12.6. The highest BCUT2D eigenvalue weighted by Gasteiger charge is 2.32. The quantitative estimate of drug-likeness (QED) is 0.857. The van der Waals surface area contributed by atoms with Crippen LogP contribution in [0.4, 0.5) is 5.69 Å². The summed E-state index contributed by atoms with van der Waals surface area (Å²) in [7, 11) is 0. The molecule has 1 fully saturated rings. The van der Waals surface area contributed by atoms with Crippen LogP contribution in [0.3, 0.4) is 0 Å². The molecular weight excluding hydrogens is 282 g/mol. The van der Waals surface area contributed by atoms with E-state index in [-0.39, 0.29) is 12.0 Å². The number of nitrogen functional groups attached to an aromatic ring is 1. The van der Waals surface area contributed by atoms with Crippen LogP contribution in [0.25, 0.3) is 0 Å². The molecule has 2 aromatic rings. The Labute approximate surface area is 130 Å². The van der Waals surface area contributed by atoms with Crippen molar-refractivity contribution in [3.8, 4) is 0 Å². The fraction of sp³-hybridized carbons (Fsp3) is 0.294. The predicted octanol–water partition coefficient (Wildman–Crippen LogP) is 2.85. The molecule has 1 aliphatic rings. The van der Waals surface area contributed by atoms with Crippen LogP contribution in [0, 0.1) is 0 Å². The first-order valence-electron chi connectivity index (χ1n) is 7.20. The number of halogens is 1. The average molecular weight is 302 g/mol. The lowest BCUT2D eigenvalue weighted by Crippen LogP contribution is -2.28. The minimum atomic E-state index is 0.106. The van der Waals surface area contributed by atoms with Gasteiger partial charge in [-0.25, -0.2) is 0 Å². The van der Waals surface area contributed by atoms with E-state index in [9.17, 15) is 0 Å². The zero-order valence-electron chi connectivity index (χ0n) is 11.9. The SMILES string of the molecule is Nc1ccc(C2CN(Cc3ccccc3)CC2N)c(Cl)c1. The minimum Gasteiger partial charge on any atom is -0.399 e. The van der Waals surface area contributed by atoms with E-state index >= 15 is 0 Å². The van der Waals surface area contributed by atoms with E-state index < -0.39 is 0 Å². The van der Waals surface area contributed by atoms with Gasteiger partial charge in [0.2, 0.25) is 0 Å². The Morgan fingerprint density at radius 3 is 2.57 bits per heavy atom. The van der Waals surface area contributed by atoms with Crippen LogP contribution >= 0.6 is 11.6 Å². The van der Waals surface area contributed by atoms with Gasteiger partial charge in [0.1, 0.15) is 0 Å². The Balaban J connectivity index is 1.74. The van der Waals surface area contributed by atoms with Crippen molar-refractivity contribution in [2.24, 2.45) is 5.73 Å². The number of rotatable bonds is 3. The van der Waals surface area contributed by atoms with Gasteiger partial charge in [-0.05, 0) is 23.3 Å². The second kappa shape index (κ2) is 6.06. The normalized spacial score (nSPS) is 22.6. The molecule has 21 heavy (non-hydrogen) atoms. The summed E-state index contributed by atoms with van der Waals surface area (Å²) < 4.78 is 0. The first-order valence-corrected chi connectivity index (χ1v) is 7.58. The van der Waals surface area contributed by atoms with Crippen molar-refractivity contribution in [1.82, 2.24) is 4.90 Å². The molecule has 3 rings (SSSR count). The first kappa shape index (κ1) is 14.4. The van der Waals surface area contributed by atoms with Gasteiger partial charge in [-0.1, -0.05) is 48.0 Å². The monoisotopic (exact) mass is 301 g/mol. The van der Waals surface area contributed by atoms with Crippen molar-refractivity contribution in [3.63, 3.8) is 0 Å². The lowest BCUT2D eigenvalue weighted by Gasteiger charge is -2.17. The molecule has 0 bridgehead atoms. The van der Waals surface area contributed by atoms with E-state index in [1.54, 1.807) is 0 Å². The van der Waals surface area contributed by atoms with E-state index in [0.717, 1.165) is 30.2 Å². The second-order valence-corrected chi connectivity index (χ2v) is 6.14. The summed E-state index contributed by atoms with van der Waals surface area (Å²) in [5, 5.41) is 0.719. The molecule has 4 N–H and O–H groups in total. The Hall–Kier alpha value is -1.55. The highest BCUT2D eigenvalue weighted by molar-refractivity contribution is 6.31. The Bertz CT molecular complexity index is 615. The van der Waals surface area contributed by atoms with Crippen LogP contribution in [0.5, 0.6) is 0 Å². The van der Waals surface area contributed by atoms with Gasteiger partial charge >= 0.3 is 0 Å². The number of hydrogen-bond donors (Lipinski definition) is 2. The summed E-state index contributed by atoms with van der Waals surface area (Å²) >= 11 is 6.33. The van der Waals surface area contributed by atoms with Gasteiger partial charge in [-0.15, -0.1) is 0 Å². The highest BCUT2D eigenvalue weighted by Crippen LogP contribution is 2.33. The molecule has 4 heteroatoms. The summed E-state index contributed by atoms with van der Waals surface area (Å²) in [6, 6.07) is 16.3. The zero-order chi connectivity index (χ0) is 14.8. The average Bonchev–Trinajstić information content (AvgIpc) is 2.80. The maximum absolute atomic E-state index is 6.33. The van der Waals surface area contributed by atoms with Gasteiger partial charge in [0.15, 0.2) is 0 Å². The standard InChI is InChI=1S/C17H20ClN3/c18-16-8-13(19)6-7-14(16)15-10-21(11-17(15)20)9-12-4-2-1-3-5-12/h1-8,15,17H,9-11,19-20H2. The second-order valence-electron chi connectivity index (χ2n) is 5.73. The van der Waals surface area contributed by atoms with Crippen molar-refractivity contribution in [3.05, 3.63) is 64.7 Å². The molecule has 0 spiro atoms. The molecule has 0 radical (unpaired) electrons. The molecule has 1 saturated heterocycles. The van der Waals surface area contributed by atoms with Crippen molar-refractivity contribution in [2.75, 3.05) is 18.8 Å². The van der Waals surface area contributed by atoms with Crippen molar-refractivity contribution >= 4 is 17.3 Å². The van der Waals surface area contributed by atoms with Crippen LogP contribution in [-0.2, 0) is 6.54 Å². The van der Waals surface area contributed by atoms with Gasteiger partial charge < -0.3 is 11.5 Å². The lowest BCUT2D eigenvalue weighted by atomic mass is 9.94. The van der Waals surface area contributed by atoms with Gasteiger partial charge in [0, 0.05) is 42.3 Å². The van der Waals surface area contributed by atoms with Crippen molar-refractivity contribution in [2.45, 2.75) is 18.5 Å². The Morgan fingerprint density at radius 1 is 1.10 bits per heavy atom. The molecule has 0 aliphatic carbocycles. The largest absolute Gasteiger partial charge is 0.399 e. The van der Waals surface area contributed by atoms with Crippen molar-refractivity contribution < 1.29 is 0 Å². The molecule has 2 unspecified atom stereocenters. The molecule has 3 nitrogen and oxygen atoms in total. The third-order valence-corrected chi connectivity index (χ3v) is 4.44. The number of likely N-dealkylation sites (tertiary alicyclic amines) is 1. The predicted molar refractivity (Wildman–Crippen MR) is 88.3 cm³/mol. The molecule has 0 saturated carbocycles. The van der Waals surface area contributed by atoms with E-state index in [4.69, 9.17) is 23.1 Å². The molecular formula is C17H20ClN3. The molecule has 0 aromatic heterocycles. The minimum absolute atomic E-state index is 0.106. The summed E-state index contributed by atoms with van der Waals surface area (Å²) in [6.45, 7) is 2.75. The first-order chi connectivity index (χ1) is 10.1. The lowest BCUT2D eigenvalue weighted by molar-refractivity contribution is 0.324. The van der Waals surface area contributed by atoms with Gasteiger partial charge in [0.25, 0.3) is 0 Å². The Kier molecular flexibility index (Phi) is 4.15. The third-order valence-electron chi connectivity index (χ3n) is 4.11. The Morgan fingerprint density at radius 2 is 1.86 bits per heavy atom. The maximum atomic E-state index is 6.33. The molecule has 2 aromatic carbocycles. The summed E-state index contributed by atoms with van der Waals surface area (Å²) in [5.74, 6) is 0.266. The van der Waals surface area contributed by atoms with Crippen LogP contribution in [-0.4, -0.2) is 24.0 Å². The van der Waals surface area contributed by atoms with Crippen LogP contribution in [0.1, 0.15) is 17.0 Å². The number of anilines is 1. The highest BCUT2D eigenvalue weighted by atomic mass is 35.5. The summed E-state index contributed by atoms with van der Waals surface area (Å²) in [4.78, 5) is 2.39. The molecule has 110 valence electrons. The van der Waals surface area contributed by atoms with Crippen molar-refractivity contribution in [1.29, 1.82) is 0 Å². The van der Waals surface area contributed by atoms with E-state index in [1.807, 2.05) is 24.3 Å². The molecule has 1 aliphatic heterocycles. The topological polar surface area (TPSA) is 55.3 Å². The van der Waals surface area contributed by atoms with Gasteiger partial charge in [-0.2, -0.15) is 0 Å². The smallest absolute Gasteiger partial charge is 0.0462 e. The number of nitrogens with two attached hydrogens (primary N) is 2. The number of hydrogen-bond acceptors (Lipinski definition) is 3. The number of benzene rings is 2. The fourth-order valence-corrected chi connectivity index (χ4v) is 3.39. The molecule has 0 amide bonds. The van der Waals surface area contributed by atoms with Crippen LogP contribution in [0.2, 0.25) is 5.02 Å². The summed E-state index contributed by atoms with van der Waals surface area (Å²) in [5.41, 5.74) is 15.2. The fourth-order valence-electron chi connectivity index (χ4n) is 3.06. The van der Waals surface area contributed by atoms with Gasteiger partial charge in [0.05, 0.1) is 0 Å². The number of nitrogens with zero attached hydrogens (tertiary/aromatic N) is 1. The van der Waals surface area contributed by atoms with Gasteiger partial charge in [-0.3, -0.25) is 4.90 Å². The van der Waals surface area contributed by atoms with E-state index in [2.05, 4.69) is 29.2 Å². The third kappa shape index (κ3) is 3.21. The van der Waals surface area contributed by atoms with Crippen LogP contribution in [0.15, 0.2) is 48.5 Å². The van der Waals surface area contributed by atoms with Crippen LogP contribution < -0.4 is 11.5 Å². The molecule has 2 atom stereocenters. The van der Waals surface area contributed by atoms with E-state index in [0.29, 0.717) is 5.69 Å². The van der Waals surface area contributed by atoms with E-state index in [1.165, 1.54) is 5.56 Å². The summed E-state index contributed by atoms with van der Waals surface area (Å²) in [6.07, 6.45) is 0. The molecule has 1 heterocycles.